The molecule has 28 heavy (non-hydrogen) atoms. The predicted molar refractivity (Wildman–Crippen MR) is 115 cm³/mol. The van der Waals surface area contributed by atoms with E-state index in [9.17, 15) is 9.59 Å². The number of fused-ring (bicyclic) bond motifs is 1. The number of pyridine rings is 1. The summed E-state index contributed by atoms with van der Waals surface area (Å²) in [5, 5.41) is 13.3. The zero-order chi connectivity index (χ0) is 18.1. The number of nitrogens with one attached hydrogen (secondary N) is 1. The molecule has 3 heterocycles. The molecule has 0 saturated carbocycles. The maximum absolute atomic E-state index is 13.1. The average molecular weight is 440 g/mol. The van der Waals surface area contributed by atoms with E-state index in [1.807, 2.05) is 36.4 Å². The molecule has 0 radical (unpaired) electrons. The van der Waals surface area contributed by atoms with Crippen molar-refractivity contribution in [3.63, 3.8) is 0 Å². The summed E-state index contributed by atoms with van der Waals surface area (Å²) in [5.41, 5.74) is 2.36. The van der Waals surface area contributed by atoms with Crippen molar-refractivity contribution < 1.29 is 14.7 Å². The molecular formula is C19H19Cl2N3O3S. The number of aliphatic carboxylic acids is 1. The average Bonchev–Trinajstić information content (AvgIpc) is 3.28. The third-order valence-corrected chi connectivity index (χ3v) is 5.71. The number of halogens is 2. The van der Waals surface area contributed by atoms with Crippen LogP contribution < -0.4 is 5.32 Å². The van der Waals surface area contributed by atoms with Crippen molar-refractivity contribution in [3.05, 3.63) is 66.1 Å². The Balaban J connectivity index is 0.00000140. The van der Waals surface area contributed by atoms with Crippen LogP contribution in [0.3, 0.4) is 0 Å². The first-order valence-corrected chi connectivity index (χ1v) is 9.30. The first-order chi connectivity index (χ1) is 12.6. The summed E-state index contributed by atoms with van der Waals surface area (Å²) < 4.78 is 1.62. The van der Waals surface area contributed by atoms with E-state index in [1.54, 1.807) is 34.9 Å². The molecule has 1 unspecified atom stereocenters. The quantitative estimate of drug-likeness (QED) is 0.591. The lowest BCUT2D eigenvalue weighted by Crippen LogP contribution is -2.34. The number of rotatable bonds is 5. The molecule has 3 aromatic rings. The second-order valence-corrected chi connectivity index (χ2v) is 7.30. The monoisotopic (exact) mass is 439 g/mol. The summed E-state index contributed by atoms with van der Waals surface area (Å²) >= 11 is 1.68. The second-order valence-electron chi connectivity index (χ2n) is 6.16. The van der Waals surface area contributed by atoms with Gasteiger partial charge in [-0.1, -0.05) is 24.3 Å². The normalized spacial score (nSPS) is 18.3. The number of thioether (sulfide) groups is 1. The zero-order valence-corrected chi connectivity index (χ0v) is 17.1. The highest BCUT2D eigenvalue weighted by Gasteiger charge is 2.32. The van der Waals surface area contributed by atoms with Crippen LogP contribution in [0.5, 0.6) is 0 Å². The van der Waals surface area contributed by atoms with E-state index < -0.39 is 5.97 Å². The third kappa shape index (κ3) is 4.33. The van der Waals surface area contributed by atoms with Gasteiger partial charge in [0.2, 0.25) is 0 Å². The van der Waals surface area contributed by atoms with Crippen molar-refractivity contribution in [2.24, 2.45) is 0 Å². The molecule has 0 amide bonds. The molecule has 1 fully saturated rings. The molecule has 0 aliphatic carbocycles. The molecule has 9 heteroatoms. The Labute approximate surface area is 178 Å². The molecule has 148 valence electrons. The number of nitrogens with zero attached hydrogens (tertiary/aromatic N) is 2. The van der Waals surface area contributed by atoms with Gasteiger partial charge in [0.1, 0.15) is 6.54 Å². The number of hydrogen-bond donors (Lipinski definition) is 2. The van der Waals surface area contributed by atoms with Crippen molar-refractivity contribution in [1.29, 1.82) is 0 Å². The summed E-state index contributed by atoms with van der Waals surface area (Å²) in [6.45, 7) is -0.168. The number of hydrogen-bond acceptors (Lipinski definition) is 5. The van der Waals surface area contributed by atoms with Gasteiger partial charge in [-0.3, -0.25) is 19.9 Å². The largest absolute Gasteiger partial charge is 0.480 e. The molecule has 6 nitrogen and oxygen atoms in total. The van der Waals surface area contributed by atoms with Crippen LogP contribution >= 0.6 is 36.6 Å². The smallest absolute Gasteiger partial charge is 0.323 e. The van der Waals surface area contributed by atoms with Crippen molar-refractivity contribution in [2.75, 3.05) is 5.75 Å². The van der Waals surface area contributed by atoms with Crippen LogP contribution in [0.4, 0.5) is 0 Å². The molecule has 4 rings (SSSR count). The minimum absolute atomic E-state index is 0. The van der Waals surface area contributed by atoms with Crippen molar-refractivity contribution >= 4 is 59.2 Å². The highest BCUT2D eigenvalue weighted by Crippen LogP contribution is 2.34. The molecule has 1 aliphatic rings. The highest BCUT2D eigenvalue weighted by atomic mass is 35.5. The number of Topliss-reactive ketones (excluding diaryl/α,β-unsaturated/α-hetero) is 1. The Hall–Kier alpha value is -2.06. The number of ketones is 1. The van der Waals surface area contributed by atoms with Crippen LogP contribution in [0.1, 0.15) is 21.3 Å². The first-order valence-electron chi connectivity index (χ1n) is 8.25. The third-order valence-electron chi connectivity index (χ3n) is 4.45. The van der Waals surface area contributed by atoms with Gasteiger partial charge in [-0.25, -0.2) is 0 Å². The van der Waals surface area contributed by atoms with Crippen LogP contribution in [-0.4, -0.2) is 38.2 Å². The van der Waals surface area contributed by atoms with Gasteiger partial charge in [0.15, 0.2) is 5.78 Å². The van der Waals surface area contributed by atoms with Gasteiger partial charge in [0, 0.05) is 40.8 Å². The van der Waals surface area contributed by atoms with Gasteiger partial charge >= 0.3 is 5.97 Å². The Morgan fingerprint density at radius 2 is 2.00 bits per heavy atom. The summed E-state index contributed by atoms with van der Waals surface area (Å²) in [5.74, 6) is -0.281. The van der Waals surface area contributed by atoms with Gasteiger partial charge in [0.25, 0.3) is 0 Å². The van der Waals surface area contributed by atoms with Gasteiger partial charge < -0.3 is 9.67 Å². The van der Waals surface area contributed by atoms with Gasteiger partial charge in [-0.15, -0.1) is 36.6 Å². The van der Waals surface area contributed by atoms with E-state index in [-0.39, 0.29) is 48.6 Å². The zero-order valence-electron chi connectivity index (χ0n) is 14.6. The van der Waals surface area contributed by atoms with Crippen molar-refractivity contribution in [1.82, 2.24) is 14.9 Å². The highest BCUT2D eigenvalue weighted by molar-refractivity contribution is 7.99. The minimum Gasteiger partial charge on any atom is -0.480 e. The summed E-state index contributed by atoms with van der Waals surface area (Å²) in [6, 6.07) is 11.0. The van der Waals surface area contributed by atoms with Crippen LogP contribution in [0.25, 0.3) is 10.9 Å². The number of aromatic nitrogens is 2. The van der Waals surface area contributed by atoms with E-state index in [0.29, 0.717) is 11.3 Å². The topological polar surface area (TPSA) is 84.2 Å². The van der Waals surface area contributed by atoms with Gasteiger partial charge in [0.05, 0.1) is 11.4 Å². The number of carbonyl (C=O) groups is 2. The lowest BCUT2D eigenvalue weighted by atomic mass is 10.0. The maximum atomic E-state index is 13.1. The first kappa shape index (κ1) is 22.2. The fraction of sp³-hybridized carbons (Fsp3) is 0.211. The fourth-order valence-electron chi connectivity index (χ4n) is 3.25. The molecule has 2 N–H and O–H groups in total. The van der Waals surface area contributed by atoms with E-state index >= 15 is 0 Å². The Morgan fingerprint density at radius 3 is 2.71 bits per heavy atom. The lowest BCUT2D eigenvalue weighted by molar-refractivity contribution is -0.137. The molecule has 1 saturated heterocycles. The van der Waals surface area contributed by atoms with Crippen molar-refractivity contribution in [2.45, 2.75) is 18.0 Å². The lowest BCUT2D eigenvalue weighted by Gasteiger charge is -2.12. The number of carbonyl (C=O) groups excluding carboxylic acids is 1. The molecule has 2 atom stereocenters. The summed E-state index contributed by atoms with van der Waals surface area (Å²) in [6.07, 6.45) is 5.18. The van der Waals surface area contributed by atoms with Crippen molar-refractivity contribution in [3.8, 4) is 0 Å². The molecule has 0 bridgehead atoms. The molecule has 0 spiro atoms. The molecule has 2 aromatic heterocycles. The summed E-state index contributed by atoms with van der Waals surface area (Å²) in [7, 11) is 0. The van der Waals surface area contributed by atoms with Gasteiger partial charge in [-0.2, -0.15) is 0 Å². The van der Waals surface area contributed by atoms with E-state index in [1.165, 1.54) is 0 Å². The van der Waals surface area contributed by atoms with Crippen LogP contribution in [0.15, 0.2) is 55.0 Å². The Kier molecular flexibility index (Phi) is 7.48. The maximum Gasteiger partial charge on any atom is 0.323 e. The number of benzene rings is 1. The Morgan fingerprint density at radius 1 is 1.21 bits per heavy atom. The molecular weight excluding hydrogens is 421 g/mol. The van der Waals surface area contributed by atoms with E-state index in [4.69, 9.17) is 5.11 Å². The fourth-order valence-corrected chi connectivity index (χ4v) is 4.48. The second kappa shape index (κ2) is 9.43. The van der Waals surface area contributed by atoms with E-state index in [2.05, 4.69) is 10.3 Å². The Bertz CT molecular complexity index is 981. The minimum atomic E-state index is -0.934. The SMILES string of the molecule is Cl.Cl.O=C(O)Cn1cc(C(=O)[C@@H]2CSC(c3cccnc3)N2)c2ccccc21. The van der Waals surface area contributed by atoms with E-state index in [0.717, 1.165) is 16.5 Å². The standard InChI is InChI=1S/C19H17N3O3S.2ClH/c23-17(24)10-22-9-14(13-5-1-2-6-16(13)22)18(25)15-11-26-19(21-15)12-4-3-7-20-8-12;;/h1-9,15,19,21H,10-11H2,(H,23,24);2*1H/t15-,19?;;/m0../s1. The molecule has 1 aromatic carbocycles. The van der Waals surface area contributed by atoms with Crippen LogP contribution in [0, 0.1) is 0 Å². The number of para-hydroxylation sites is 1. The number of carboxylic acid groups (broad SMARTS) is 1. The van der Waals surface area contributed by atoms with Crippen LogP contribution in [0.2, 0.25) is 0 Å². The molecule has 1 aliphatic heterocycles. The van der Waals surface area contributed by atoms with Gasteiger partial charge in [-0.05, 0) is 17.7 Å². The summed E-state index contributed by atoms with van der Waals surface area (Å²) in [4.78, 5) is 28.3. The number of carboxylic acids is 1. The predicted octanol–water partition coefficient (Wildman–Crippen LogP) is 3.55. The van der Waals surface area contributed by atoms with Crippen LogP contribution in [-0.2, 0) is 11.3 Å².